The molecule has 0 saturated heterocycles. The number of rotatable bonds is 0. The van der Waals surface area contributed by atoms with E-state index >= 15 is 0 Å². The van der Waals surface area contributed by atoms with Gasteiger partial charge in [0, 0.05) is 5.39 Å². The van der Waals surface area contributed by atoms with E-state index in [9.17, 15) is 0 Å². The molecule has 1 nitrogen and oxygen atoms in total. The molecule has 0 saturated carbocycles. The maximum absolute atomic E-state index is 6.18. The Morgan fingerprint density at radius 1 is 0.824 bits per heavy atom. The highest BCUT2D eigenvalue weighted by atomic mass is 35.5. The Bertz CT molecular complexity index is 737. The Kier molecular flexibility index (Phi) is 2.62. The van der Waals surface area contributed by atoms with E-state index in [2.05, 4.69) is 4.98 Å². The summed E-state index contributed by atoms with van der Waals surface area (Å²) in [7, 11) is 0. The Hall–Kier alpha value is -1.02. The van der Waals surface area contributed by atoms with Gasteiger partial charge in [-0.15, -0.1) is 0 Å². The monoisotopic (exact) mass is 281 g/mol. The minimum Gasteiger partial charge on any atom is -0.234 e. The minimum absolute atomic E-state index is 0.236. The van der Waals surface area contributed by atoms with Crippen LogP contribution < -0.4 is 0 Å². The van der Waals surface area contributed by atoms with Crippen molar-refractivity contribution < 1.29 is 0 Å². The van der Waals surface area contributed by atoms with Crippen molar-refractivity contribution in [3.05, 3.63) is 51.6 Å². The molecule has 0 amide bonds. The molecule has 0 spiro atoms. The summed E-state index contributed by atoms with van der Waals surface area (Å²) in [6, 6.07) is 11.9. The number of aromatic nitrogens is 1. The van der Waals surface area contributed by atoms with Crippen molar-refractivity contribution in [2.75, 3.05) is 0 Å². The van der Waals surface area contributed by atoms with E-state index in [-0.39, 0.29) is 5.15 Å². The van der Waals surface area contributed by atoms with Gasteiger partial charge < -0.3 is 0 Å². The number of hydrogen-bond acceptors (Lipinski definition) is 1. The van der Waals surface area contributed by atoms with Crippen molar-refractivity contribution in [2.45, 2.75) is 0 Å². The van der Waals surface area contributed by atoms with E-state index in [1.54, 1.807) is 0 Å². The van der Waals surface area contributed by atoms with Crippen LogP contribution >= 0.6 is 34.8 Å². The third-order valence-corrected chi connectivity index (χ3v) is 3.92. The number of hydrogen-bond donors (Lipinski definition) is 0. The van der Waals surface area contributed by atoms with Gasteiger partial charge in [-0.25, -0.2) is 4.98 Å². The molecule has 2 aromatic carbocycles. The summed E-state index contributed by atoms with van der Waals surface area (Å²) in [5.41, 5.74) is 0.753. The highest BCUT2D eigenvalue weighted by Gasteiger charge is 2.11. The van der Waals surface area contributed by atoms with E-state index in [1.165, 1.54) is 0 Å². The fourth-order valence-corrected chi connectivity index (χ4v) is 2.48. The quantitative estimate of drug-likeness (QED) is 0.400. The first-order valence-corrected chi connectivity index (χ1v) is 6.13. The molecular weight excluding hydrogens is 277 g/mol. The van der Waals surface area contributed by atoms with Gasteiger partial charge in [-0.3, -0.25) is 0 Å². The highest BCUT2D eigenvalue weighted by Crippen LogP contribution is 2.36. The molecule has 0 aliphatic heterocycles. The molecule has 0 aliphatic rings. The summed E-state index contributed by atoms with van der Waals surface area (Å²) in [6.07, 6.45) is 0. The summed E-state index contributed by atoms with van der Waals surface area (Å²) in [5, 5.41) is 4.01. The Labute approximate surface area is 113 Å². The number of pyridine rings is 1. The topological polar surface area (TPSA) is 12.9 Å². The molecule has 0 bridgehead atoms. The van der Waals surface area contributed by atoms with Gasteiger partial charge in [-0.1, -0.05) is 59.1 Å². The van der Waals surface area contributed by atoms with Gasteiger partial charge in [0.15, 0.2) is 0 Å². The van der Waals surface area contributed by atoms with Crippen LogP contribution in [0.1, 0.15) is 0 Å². The predicted octanol–water partition coefficient (Wildman–Crippen LogP) is 5.35. The maximum atomic E-state index is 6.18. The number of nitrogens with zero attached hydrogens (tertiary/aromatic N) is 1. The van der Waals surface area contributed by atoms with Gasteiger partial charge in [-0.05, 0) is 22.9 Å². The first kappa shape index (κ1) is 11.1. The van der Waals surface area contributed by atoms with Crippen molar-refractivity contribution >= 4 is 56.5 Å². The van der Waals surface area contributed by atoms with Crippen LogP contribution in [0.5, 0.6) is 0 Å². The van der Waals surface area contributed by atoms with Crippen LogP contribution in [0.3, 0.4) is 0 Å². The van der Waals surface area contributed by atoms with Crippen LogP contribution in [0.4, 0.5) is 0 Å². The molecule has 1 heterocycles. The SMILES string of the molecule is Clc1nc2cc3ccccc3cc2c(Cl)c1Cl. The van der Waals surface area contributed by atoms with Crippen LogP contribution in [0, 0.1) is 0 Å². The van der Waals surface area contributed by atoms with E-state index in [0.29, 0.717) is 10.0 Å². The van der Waals surface area contributed by atoms with Crippen molar-refractivity contribution in [3.8, 4) is 0 Å². The summed E-state index contributed by atoms with van der Waals surface area (Å²) in [5.74, 6) is 0. The molecule has 4 heteroatoms. The fourth-order valence-electron chi connectivity index (χ4n) is 1.86. The Balaban J connectivity index is 2.52. The molecule has 0 atom stereocenters. The van der Waals surface area contributed by atoms with Gasteiger partial charge in [0.1, 0.15) is 5.15 Å². The summed E-state index contributed by atoms with van der Waals surface area (Å²) in [4.78, 5) is 4.24. The molecule has 3 aromatic rings. The van der Waals surface area contributed by atoms with Crippen molar-refractivity contribution in [2.24, 2.45) is 0 Å². The van der Waals surface area contributed by atoms with Crippen LogP contribution in [-0.4, -0.2) is 4.98 Å². The first-order chi connectivity index (χ1) is 8.16. The third kappa shape index (κ3) is 1.75. The van der Waals surface area contributed by atoms with Crippen molar-refractivity contribution in [1.29, 1.82) is 0 Å². The fraction of sp³-hybridized carbons (Fsp3) is 0. The molecule has 0 N–H and O–H groups in total. The van der Waals surface area contributed by atoms with E-state index in [4.69, 9.17) is 34.8 Å². The number of benzene rings is 2. The van der Waals surface area contributed by atoms with Gasteiger partial charge in [-0.2, -0.15) is 0 Å². The first-order valence-electron chi connectivity index (χ1n) is 5.00. The third-order valence-electron chi connectivity index (χ3n) is 2.69. The second-order valence-electron chi connectivity index (χ2n) is 3.75. The van der Waals surface area contributed by atoms with E-state index in [0.717, 1.165) is 21.7 Å². The Morgan fingerprint density at radius 3 is 2.18 bits per heavy atom. The highest BCUT2D eigenvalue weighted by molar-refractivity contribution is 6.49. The Morgan fingerprint density at radius 2 is 1.47 bits per heavy atom. The lowest BCUT2D eigenvalue weighted by atomic mass is 10.1. The number of fused-ring (bicyclic) bond motifs is 2. The van der Waals surface area contributed by atoms with Gasteiger partial charge >= 0.3 is 0 Å². The van der Waals surface area contributed by atoms with Gasteiger partial charge in [0.05, 0.1) is 15.6 Å². The van der Waals surface area contributed by atoms with Crippen LogP contribution in [-0.2, 0) is 0 Å². The molecule has 0 radical (unpaired) electrons. The van der Waals surface area contributed by atoms with Gasteiger partial charge in [0.2, 0.25) is 0 Å². The maximum Gasteiger partial charge on any atom is 0.149 e. The molecule has 17 heavy (non-hydrogen) atoms. The lowest BCUT2D eigenvalue weighted by molar-refractivity contribution is 1.42. The molecule has 0 unspecified atom stereocenters. The zero-order chi connectivity index (χ0) is 12.0. The molecule has 84 valence electrons. The van der Waals surface area contributed by atoms with Crippen LogP contribution in [0.2, 0.25) is 15.2 Å². The second kappa shape index (κ2) is 4.02. The average molecular weight is 283 g/mol. The standard InChI is InChI=1S/C13H6Cl3N/c14-11-9-5-7-3-1-2-4-8(7)6-10(9)17-13(16)12(11)15/h1-6H. The molecular formula is C13H6Cl3N. The van der Waals surface area contributed by atoms with E-state index in [1.807, 2.05) is 36.4 Å². The molecule has 3 rings (SSSR count). The molecule has 0 aliphatic carbocycles. The van der Waals surface area contributed by atoms with E-state index < -0.39 is 0 Å². The summed E-state index contributed by atoms with van der Waals surface area (Å²) < 4.78 is 0. The van der Waals surface area contributed by atoms with Crippen LogP contribution in [0.15, 0.2) is 36.4 Å². The van der Waals surface area contributed by atoms with Crippen molar-refractivity contribution in [3.63, 3.8) is 0 Å². The van der Waals surface area contributed by atoms with Gasteiger partial charge in [0.25, 0.3) is 0 Å². The smallest absolute Gasteiger partial charge is 0.149 e. The lowest BCUT2D eigenvalue weighted by Gasteiger charge is -2.06. The zero-order valence-corrected chi connectivity index (χ0v) is 10.8. The van der Waals surface area contributed by atoms with Crippen molar-refractivity contribution in [1.82, 2.24) is 4.98 Å². The number of halogens is 3. The lowest BCUT2D eigenvalue weighted by Crippen LogP contribution is -1.85. The average Bonchev–Trinajstić information content (AvgIpc) is 2.34. The van der Waals surface area contributed by atoms with Crippen LogP contribution in [0.25, 0.3) is 21.7 Å². The largest absolute Gasteiger partial charge is 0.234 e. The predicted molar refractivity (Wildman–Crippen MR) is 74.3 cm³/mol. The minimum atomic E-state index is 0.236. The second-order valence-corrected chi connectivity index (χ2v) is 4.86. The summed E-state index contributed by atoms with van der Waals surface area (Å²) in [6.45, 7) is 0. The molecule has 0 fully saturated rings. The summed E-state index contributed by atoms with van der Waals surface area (Å²) >= 11 is 18.1. The normalized spacial score (nSPS) is 11.2. The molecule has 1 aromatic heterocycles. The zero-order valence-electron chi connectivity index (χ0n) is 8.55.